The first kappa shape index (κ1) is 22.2. The number of benzene rings is 1. The van der Waals surface area contributed by atoms with Crippen LogP contribution in [0.4, 0.5) is 23.0 Å². The Balaban J connectivity index is 1.22. The van der Waals surface area contributed by atoms with Crippen LogP contribution in [0.2, 0.25) is 0 Å². The quantitative estimate of drug-likeness (QED) is 0.711. The van der Waals surface area contributed by atoms with E-state index in [0.717, 1.165) is 55.7 Å². The number of rotatable bonds is 6. The van der Waals surface area contributed by atoms with Crippen molar-refractivity contribution >= 4 is 23.0 Å². The molecule has 5 rings (SSSR count). The highest BCUT2D eigenvalue weighted by Crippen LogP contribution is 2.33. The zero-order valence-corrected chi connectivity index (χ0v) is 19.7. The van der Waals surface area contributed by atoms with Crippen molar-refractivity contribution in [1.29, 1.82) is 0 Å². The Bertz CT molecular complexity index is 921. The fourth-order valence-corrected chi connectivity index (χ4v) is 4.97. The molecule has 0 unspecified atom stereocenters. The van der Waals surface area contributed by atoms with Gasteiger partial charge in [-0.25, -0.2) is 15.0 Å². The van der Waals surface area contributed by atoms with Gasteiger partial charge in [0.15, 0.2) is 5.82 Å². The highest BCUT2D eigenvalue weighted by Gasteiger charge is 2.27. The van der Waals surface area contributed by atoms with Crippen molar-refractivity contribution in [3.8, 4) is 5.75 Å². The van der Waals surface area contributed by atoms with Crippen molar-refractivity contribution in [2.24, 2.45) is 0 Å². The molecule has 0 amide bonds. The molecule has 2 aromatic rings. The van der Waals surface area contributed by atoms with Gasteiger partial charge in [-0.1, -0.05) is 0 Å². The van der Waals surface area contributed by atoms with Crippen molar-refractivity contribution in [2.75, 3.05) is 81.9 Å². The minimum atomic E-state index is 0.712. The molecule has 0 bridgehead atoms. The number of nitrogens with one attached hydrogen (secondary N) is 1. The van der Waals surface area contributed by atoms with Gasteiger partial charge in [-0.05, 0) is 38.4 Å². The molecule has 3 aliphatic rings. The van der Waals surface area contributed by atoms with Crippen LogP contribution in [0.3, 0.4) is 0 Å². The standard InChI is InChI=1S/C24H35N7O2/c1-28-11-13-30(14-12-28)19-6-9-29(10-7-19)20-4-5-21(22(16-20)32-2)27-23-17-24(26-18-25-23)31-8-3-15-33-31/h4-5,16-19H,3,6-15H2,1-2H3,(H,25,26,27). The molecule has 1 N–H and O–H groups in total. The second-order valence-electron chi connectivity index (χ2n) is 9.12. The zero-order chi connectivity index (χ0) is 22.6. The molecule has 178 valence electrons. The van der Waals surface area contributed by atoms with Crippen LogP contribution in [0.5, 0.6) is 5.75 Å². The molecule has 9 nitrogen and oxygen atoms in total. The first-order valence-corrected chi connectivity index (χ1v) is 12.0. The van der Waals surface area contributed by atoms with Gasteiger partial charge in [0.1, 0.15) is 17.9 Å². The van der Waals surface area contributed by atoms with Gasteiger partial charge >= 0.3 is 0 Å². The highest BCUT2D eigenvalue weighted by atomic mass is 16.7. The fraction of sp³-hybridized carbons (Fsp3) is 0.583. The second kappa shape index (κ2) is 10.1. The minimum Gasteiger partial charge on any atom is -0.494 e. The third-order valence-electron chi connectivity index (χ3n) is 6.99. The summed E-state index contributed by atoms with van der Waals surface area (Å²) in [6.45, 7) is 8.51. The number of methoxy groups -OCH3 is 1. The number of anilines is 4. The van der Waals surface area contributed by atoms with Crippen LogP contribution < -0.4 is 20.0 Å². The molecule has 9 heteroatoms. The summed E-state index contributed by atoms with van der Waals surface area (Å²) >= 11 is 0. The summed E-state index contributed by atoms with van der Waals surface area (Å²) < 4.78 is 5.72. The summed E-state index contributed by atoms with van der Waals surface area (Å²) in [6.07, 6.45) is 5.00. The largest absolute Gasteiger partial charge is 0.494 e. The number of hydroxylamine groups is 1. The van der Waals surface area contributed by atoms with Crippen LogP contribution in [-0.2, 0) is 4.84 Å². The fourth-order valence-electron chi connectivity index (χ4n) is 4.97. The summed E-state index contributed by atoms with van der Waals surface area (Å²) in [4.78, 5) is 21.9. The predicted molar refractivity (Wildman–Crippen MR) is 131 cm³/mol. The molecular weight excluding hydrogens is 418 g/mol. The van der Waals surface area contributed by atoms with E-state index in [9.17, 15) is 0 Å². The van der Waals surface area contributed by atoms with Crippen molar-refractivity contribution < 1.29 is 9.57 Å². The summed E-state index contributed by atoms with van der Waals surface area (Å²) in [7, 11) is 3.94. The molecule has 0 atom stereocenters. The molecule has 1 aromatic carbocycles. The first-order chi connectivity index (χ1) is 16.2. The molecule has 0 saturated carbocycles. The van der Waals surface area contributed by atoms with Crippen molar-refractivity contribution in [2.45, 2.75) is 25.3 Å². The lowest BCUT2D eigenvalue weighted by Crippen LogP contribution is -2.52. The maximum absolute atomic E-state index is 5.72. The van der Waals surface area contributed by atoms with E-state index in [4.69, 9.17) is 9.57 Å². The van der Waals surface area contributed by atoms with E-state index in [1.807, 2.05) is 11.1 Å². The highest BCUT2D eigenvalue weighted by molar-refractivity contribution is 5.70. The summed E-state index contributed by atoms with van der Waals surface area (Å²) in [5.74, 6) is 2.30. The van der Waals surface area contributed by atoms with Crippen LogP contribution >= 0.6 is 0 Å². The number of ether oxygens (including phenoxy) is 1. The lowest BCUT2D eigenvalue weighted by Gasteiger charge is -2.42. The monoisotopic (exact) mass is 453 g/mol. The van der Waals surface area contributed by atoms with Gasteiger partial charge in [-0.2, -0.15) is 0 Å². The van der Waals surface area contributed by atoms with Crippen molar-refractivity contribution in [3.63, 3.8) is 0 Å². The van der Waals surface area contributed by atoms with E-state index in [-0.39, 0.29) is 0 Å². The van der Waals surface area contributed by atoms with Crippen molar-refractivity contribution in [3.05, 3.63) is 30.6 Å². The van der Waals surface area contributed by atoms with Gasteiger partial charge in [0.2, 0.25) is 0 Å². The minimum absolute atomic E-state index is 0.712. The van der Waals surface area contributed by atoms with Crippen molar-refractivity contribution in [1.82, 2.24) is 19.8 Å². The number of piperazine rings is 1. The zero-order valence-electron chi connectivity index (χ0n) is 19.7. The number of piperidine rings is 1. The Morgan fingerprint density at radius 2 is 1.82 bits per heavy atom. The topological polar surface area (TPSA) is 69.2 Å². The average molecular weight is 454 g/mol. The molecule has 1 aromatic heterocycles. The summed E-state index contributed by atoms with van der Waals surface area (Å²) in [6, 6.07) is 9.00. The first-order valence-electron chi connectivity index (χ1n) is 12.0. The van der Waals surface area contributed by atoms with Gasteiger partial charge in [0.25, 0.3) is 0 Å². The van der Waals surface area contributed by atoms with E-state index >= 15 is 0 Å². The molecular formula is C24H35N7O2. The molecule has 3 saturated heterocycles. The van der Waals surface area contributed by atoms with Gasteiger partial charge in [0, 0.05) is 69.7 Å². The number of nitrogens with zero attached hydrogens (tertiary/aromatic N) is 6. The second-order valence-corrected chi connectivity index (χ2v) is 9.12. The molecule has 0 aliphatic carbocycles. The van der Waals surface area contributed by atoms with Crippen LogP contribution in [0.15, 0.2) is 30.6 Å². The number of hydrogen-bond acceptors (Lipinski definition) is 9. The van der Waals surface area contributed by atoms with E-state index in [1.54, 1.807) is 13.4 Å². The Labute approximate surface area is 196 Å². The molecule has 4 heterocycles. The molecule has 33 heavy (non-hydrogen) atoms. The van der Waals surface area contributed by atoms with E-state index in [0.29, 0.717) is 6.04 Å². The average Bonchev–Trinajstić information content (AvgIpc) is 3.40. The molecule has 3 fully saturated rings. The number of aromatic nitrogens is 2. The Morgan fingerprint density at radius 1 is 1.00 bits per heavy atom. The lowest BCUT2D eigenvalue weighted by molar-refractivity contribution is 0.0982. The van der Waals surface area contributed by atoms with E-state index in [1.165, 1.54) is 44.7 Å². The van der Waals surface area contributed by atoms with E-state index < -0.39 is 0 Å². The normalized spacial score (nSPS) is 20.9. The number of likely N-dealkylation sites (N-methyl/N-ethyl adjacent to an activating group) is 1. The predicted octanol–water partition coefficient (Wildman–Crippen LogP) is 2.59. The molecule has 0 spiro atoms. The maximum atomic E-state index is 5.72. The van der Waals surface area contributed by atoms with E-state index in [2.05, 4.69) is 55.2 Å². The Hall–Kier alpha value is -2.62. The third-order valence-corrected chi connectivity index (χ3v) is 6.99. The molecule has 3 aliphatic heterocycles. The Kier molecular flexibility index (Phi) is 6.80. The van der Waals surface area contributed by atoms with Gasteiger partial charge in [-0.3, -0.25) is 9.74 Å². The number of hydrogen-bond donors (Lipinski definition) is 1. The Morgan fingerprint density at radius 3 is 2.55 bits per heavy atom. The summed E-state index contributed by atoms with van der Waals surface area (Å²) in [5, 5.41) is 5.20. The lowest BCUT2D eigenvalue weighted by atomic mass is 10.0. The SMILES string of the molecule is COc1cc(N2CCC(N3CCN(C)CC3)CC2)ccc1Nc1cc(N2CCCO2)ncn1. The van der Waals surface area contributed by atoms with Gasteiger partial charge in [-0.15, -0.1) is 0 Å². The van der Waals surface area contributed by atoms with Crippen LogP contribution in [0, 0.1) is 0 Å². The maximum Gasteiger partial charge on any atom is 0.157 e. The third kappa shape index (κ3) is 5.15. The molecule has 0 radical (unpaired) electrons. The van der Waals surface area contributed by atoms with Gasteiger partial charge < -0.3 is 19.9 Å². The van der Waals surface area contributed by atoms with Crippen LogP contribution in [-0.4, -0.2) is 92.4 Å². The van der Waals surface area contributed by atoms with Crippen LogP contribution in [0.25, 0.3) is 0 Å². The van der Waals surface area contributed by atoms with Crippen LogP contribution in [0.1, 0.15) is 19.3 Å². The smallest absolute Gasteiger partial charge is 0.157 e. The van der Waals surface area contributed by atoms with Gasteiger partial charge in [0.05, 0.1) is 19.4 Å². The summed E-state index contributed by atoms with van der Waals surface area (Å²) in [5.41, 5.74) is 2.10.